The number of carbonyl (C=O) groups is 1. The van der Waals surface area contributed by atoms with E-state index in [1.807, 2.05) is 49.4 Å². The van der Waals surface area contributed by atoms with Crippen molar-refractivity contribution in [2.45, 2.75) is 13.5 Å². The monoisotopic (exact) mass is 388 g/mol. The largest absolute Gasteiger partial charge is 0.375 e. The van der Waals surface area contributed by atoms with Gasteiger partial charge in [-0.05, 0) is 24.1 Å². The first-order valence-electron chi connectivity index (χ1n) is 8.65. The van der Waals surface area contributed by atoms with Gasteiger partial charge in [0, 0.05) is 20.6 Å². The second-order valence-electron chi connectivity index (χ2n) is 5.93. The highest BCUT2D eigenvalue weighted by atomic mass is 35.5. The molecule has 27 heavy (non-hydrogen) atoms. The van der Waals surface area contributed by atoms with E-state index in [-0.39, 0.29) is 6.03 Å². The zero-order valence-electron chi connectivity index (χ0n) is 15.8. The minimum Gasteiger partial charge on any atom is -0.375 e. The van der Waals surface area contributed by atoms with Gasteiger partial charge in [-0.2, -0.15) is 0 Å². The summed E-state index contributed by atoms with van der Waals surface area (Å²) in [6.45, 7) is 3.46. The summed E-state index contributed by atoms with van der Waals surface area (Å²) in [4.78, 5) is 18.0. The van der Waals surface area contributed by atoms with Crippen molar-refractivity contribution < 1.29 is 9.53 Å². The van der Waals surface area contributed by atoms with Crippen LogP contribution in [-0.4, -0.2) is 39.2 Å². The maximum Gasteiger partial charge on any atom is 0.328 e. The maximum absolute atomic E-state index is 12.5. The summed E-state index contributed by atoms with van der Waals surface area (Å²) in [5, 5.41) is 6.31. The van der Waals surface area contributed by atoms with E-state index in [4.69, 9.17) is 16.3 Å². The number of aryl methyl sites for hydroxylation is 1. The minimum atomic E-state index is -0.329. The van der Waals surface area contributed by atoms with E-state index in [1.165, 1.54) is 4.90 Å². The Morgan fingerprint density at radius 1 is 1.19 bits per heavy atom. The number of benzene rings is 2. The molecule has 0 spiro atoms. The Kier molecular flexibility index (Phi) is 8.10. The molecule has 0 fully saturated rings. The average molecular weight is 389 g/mol. The van der Waals surface area contributed by atoms with E-state index < -0.39 is 0 Å². The molecule has 144 valence electrons. The van der Waals surface area contributed by atoms with Gasteiger partial charge >= 0.3 is 6.03 Å². The standard InChI is InChI=1S/C20H25ClN4O2/c1-15-8-7-11-17(21)18(15)25(3)20(26)24-19(22-2)23-12-13-27-14-16-9-5-4-6-10-16/h4-11H,12-14H2,1-3H3,(H2,22,23,24,26). The molecular weight excluding hydrogens is 364 g/mol. The van der Waals surface area contributed by atoms with Gasteiger partial charge in [0.05, 0.1) is 23.9 Å². The summed E-state index contributed by atoms with van der Waals surface area (Å²) in [6, 6.07) is 15.1. The van der Waals surface area contributed by atoms with E-state index in [1.54, 1.807) is 20.2 Å². The fourth-order valence-electron chi connectivity index (χ4n) is 2.52. The Morgan fingerprint density at radius 3 is 2.59 bits per heavy atom. The first kappa shape index (κ1) is 20.7. The van der Waals surface area contributed by atoms with Crippen molar-refractivity contribution in [3.63, 3.8) is 0 Å². The Balaban J connectivity index is 1.79. The summed E-state index contributed by atoms with van der Waals surface area (Å²) in [6.07, 6.45) is 0. The lowest BCUT2D eigenvalue weighted by atomic mass is 10.2. The molecule has 2 aromatic carbocycles. The number of para-hydroxylation sites is 1. The fourth-order valence-corrected chi connectivity index (χ4v) is 2.87. The van der Waals surface area contributed by atoms with Crippen molar-refractivity contribution in [1.82, 2.24) is 10.6 Å². The van der Waals surface area contributed by atoms with Crippen molar-refractivity contribution >= 4 is 29.3 Å². The molecule has 6 nitrogen and oxygen atoms in total. The molecule has 2 N–H and O–H groups in total. The molecule has 0 saturated carbocycles. The SMILES string of the molecule is CN=C(NCCOCc1ccccc1)NC(=O)N(C)c1c(C)cccc1Cl. The lowest BCUT2D eigenvalue weighted by Crippen LogP contribution is -2.47. The Bertz CT molecular complexity index is 761. The number of nitrogens with one attached hydrogen (secondary N) is 2. The number of hydrogen-bond donors (Lipinski definition) is 2. The molecule has 0 saturated heterocycles. The maximum atomic E-state index is 12.5. The molecule has 0 atom stereocenters. The number of halogens is 1. The molecule has 7 heteroatoms. The number of guanidine groups is 1. The van der Waals surface area contributed by atoms with Gasteiger partial charge in [-0.1, -0.05) is 54.1 Å². The van der Waals surface area contributed by atoms with Crippen LogP contribution >= 0.6 is 11.6 Å². The first-order chi connectivity index (χ1) is 13.0. The van der Waals surface area contributed by atoms with Gasteiger partial charge in [-0.15, -0.1) is 0 Å². The first-order valence-corrected chi connectivity index (χ1v) is 9.03. The normalized spacial score (nSPS) is 11.2. The van der Waals surface area contributed by atoms with E-state index in [0.717, 1.165) is 11.1 Å². The lowest BCUT2D eigenvalue weighted by Gasteiger charge is -2.22. The third-order valence-corrected chi connectivity index (χ3v) is 4.23. The molecule has 0 aliphatic heterocycles. The van der Waals surface area contributed by atoms with Gasteiger partial charge in [0.1, 0.15) is 0 Å². The Labute approximate surface area is 165 Å². The molecule has 2 aromatic rings. The number of ether oxygens (including phenoxy) is 1. The average Bonchev–Trinajstić information content (AvgIpc) is 2.67. The van der Waals surface area contributed by atoms with E-state index in [0.29, 0.717) is 36.4 Å². The predicted molar refractivity (Wildman–Crippen MR) is 111 cm³/mol. The van der Waals surface area contributed by atoms with Crippen LogP contribution in [0.2, 0.25) is 5.02 Å². The molecule has 0 aromatic heterocycles. The van der Waals surface area contributed by atoms with Gasteiger partial charge in [-0.25, -0.2) is 4.79 Å². The number of amides is 2. The third kappa shape index (κ3) is 6.27. The number of urea groups is 1. The predicted octanol–water partition coefficient (Wildman–Crippen LogP) is 3.59. The van der Waals surface area contributed by atoms with Gasteiger partial charge in [0.2, 0.25) is 0 Å². The zero-order valence-corrected chi connectivity index (χ0v) is 16.6. The van der Waals surface area contributed by atoms with E-state index in [9.17, 15) is 4.79 Å². The van der Waals surface area contributed by atoms with Gasteiger partial charge < -0.3 is 10.1 Å². The van der Waals surface area contributed by atoms with Crippen LogP contribution in [0.4, 0.5) is 10.5 Å². The molecule has 0 heterocycles. The molecule has 2 rings (SSSR count). The van der Waals surface area contributed by atoms with Crippen LogP contribution in [0.25, 0.3) is 0 Å². The number of hydrogen-bond acceptors (Lipinski definition) is 3. The number of carbonyl (C=O) groups excluding carboxylic acids is 1. The van der Waals surface area contributed by atoms with E-state index >= 15 is 0 Å². The quantitative estimate of drug-likeness (QED) is 0.451. The van der Waals surface area contributed by atoms with Crippen LogP contribution < -0.4 is 15.5 Å². The van der Waals surface area contributed by atoms with Crippen molar-refractivity contribution in [3.8, 4) is 0 Å². The van der Waals surface area contributed by atoms with Crippen LogP contribution in [0.15, 0.2) is 53.5 Å². The second kappa shape index (κ2) is 10.5. The summed E-state index contributed by atoms with van der Waals surface area (Å²) in [7, 11) is 3.27. The lowest BCUT2D eigenvalue weighted by molar-refractivity contribution is 0.125. The molecular formula is C20H25ClN4O2. The van der Waals surface area contributed by atoms with Crippen molar-refractivity contribution in [2.75, 3.05) is 32.1 Å². The Morgan fingerprint density at radius 2 is 1.93 bits per heavy atom. The third-order valence-electron chi connectivity index (χ3n) is 3.93. The Hall–Kier alpha value is -2.57. The fraction of sp³-hybridized carbons (Fsp3) is 0.300. The summed E-state index contributed by atoms with van der Waals surface area (Å²) in [5.74, 6) is 0.375. The topological polar surface area (TPSA) is 66.0 Å². The summed E-state index contributed by atoms with van der Waals surface area (Å²) < 4.78 is 5.61. The molecule has 0 bridgehead atoms. The molecule has 0 aliphatic carbocycles. The van der Waals surface area contributed by atoms with Crippen molar-refractivity contribution in [3.05, 3.63) is 64.7 Å². The van der Waals surface area contributed by atoms with Crippen molar-refractivity contribution in [2.24, 2.45) is 4.99 Å². The van der Waals surface area contributed by atoms with Crippen LogP contribution in [-0.2, 0) is 11.3 Å². The van der Waals surface area contributed by atoms with Crippen LogP contribution in [0.3, 0.4) is 0 Å². The van der Waals surface area contributed by atoms with Crippen LogP contribution in [0, 0.1) is 6.92 Å². The van der Waals surface area contributed by atoms with E-state index in [2.05, 4.69) is 15.6 Å². The smallest absolute Gasteiger partial charge is 0.328 e. The highest BCUT2D eigenvalue weighted by Crippen LogP contribution is 2.28. The number of anilines is 1. The van der Waals surface area contributed by atoms with Gasteiger partial charge in [0.15, 0.2) is 5.96 Å². The molecule has 0 unspecified atom stereocenters. The number of aliphatic imine (C=N–C) groups is 1. The molecule has 0 aliphatic rings. The number of nitrogens with zero attached hydrogens (tertiary/aromatic N) is 2. The summed E-state index contributed by atoms with van der Waals surface area (Å²) in [5.41, 5.74) is 2.70. The zero-order chi connectivity index (χ0) is 19.6. The van der Waals surface area contributed by atoms with Crippen molar-refractivity contribution in [1.29, 1.82) is 0 Å². The highest BCUT2D eigenvalue weighted by molar-refractivity contribution is 6.34. The van der Waals surface area contributed by atoms with Crippen LogP contribution in [0.1, 0.15) is 11.1 Å². The highest BCUT2D eigenvalue weighted by Gasteiger charge is 2.17. The molecule has 0 radical (unpaired) electrons. The molecule has 2 amide bonds. The summed E-state index contributed by atoms with van der Waals surface area (Å²) >= 11 is 6.22. The minimum absolute atomic E-state index is 0.329. The van der Waals surface area contributed by atoms with Gasteiger partial charge in [-0.3, -0.25) is 15.2 Å². The van der Waals surface area contributed by atoms with Crippen LogP contribution in [0.5, 0.6) is 0 Å². The second-order valence-corrected chi connectivity index (χ2v) is 6.34. The van der Waals surface area contributed by atoms with Gasteiger partial charge in [0.25, 0.3) is 0 Å². The number of rotatable bonds is 6.